The Morgan fingerprint density at radius 3 is 1.00 bits per heavy atom. The predicted octanol–water partition coefficient (Wildman–Crippen LogP) is 4.89. The maximum absolute atomic E-state index is 2.33. The first-order valence-corrected chi connectivity index (χ1v) is 9.75. The van der Waals surface area contributed by atoms with Crippen molar-refractivity contribution in [3.63, 3.8) is 0 Å². The SMILES string of the molecule is Br.Br.CC[PH](c1ccccc1)(c1ccccc1)c1ccccc1. The minimum absolute atomic E-state index is 0. The van der Waals surface area contributed by atoms with E-state index in [2.05, 4.69) is 97.9 Å². The van der Waals surface area contributed by atoms with Gasteiger partial charge in [0.2, 0.25) is 0 Å². The average molecular weight is 454 g/mol. The van der Waals surface area contributed by atoms with Gasteiger partial charge >= 0.3 is 127 Å². The van der Waals surface area contributed by atoms with E-state index in [0.717, 1.165) is 0 Å². The summed E-state index contributed by atoms with van der Waals surface area (Å²) in [5, 5.41) is 4.47. The van der Waals surface area contributed by atoms with Gasteiger partial charge in [0.05, 0.1) is 0 Å². The molecule has 3 heteroatoms. The first-order chi connectivity index (χ1) is 10.4. The van der Waals surface area contributed by atoms with E-state index in [9.17, 15) is 0 Å². The second-order valence-corrected chi connectivity index (χ2v) is 9.61. The molecule has 0 aliphatic carbocycles. The molecule has 122 valence electrons. The van der Waals surface area contributed by atoms with Crippen LogP contribution in [0.15, 0.2) is 91.0 Å². The first-order valence-electron chi connectivity index (χ1n) is 7.54. The summed E-state index contributed by atoms with van der Waals surface area (Å²) in [4.78, 5) is 0. The molecule has 0 aromatic heterocycles. The monoisotopic (exact) mass is 452 g/mol. The second kappa shape index (κ2) is 9.37. The van der Waals surface area contributed by atoms with Crippen LogP contribution in [0.1, 0.15) is 6.92 Å². The van der Waals surface area contributed by atoms with Crippen molar-refractivity contribution in [3.8, 4) is 0 Å². The zero-order valence-corrected chi connectivity index (χ0v) is 17.6. The van der Waals surface area contributed by atoms with Crippen molar-refractivity contribution in [1.82, 2.24) is 0 Å². The summed E-state index contributed by atoms with van der Waals surface area (Å²) in [6, 6.07) is 33.1. The Kier molecular flexibility index (Phi) is 8.19. The molecule has 0 atom stereocenters. The Balaban J connectivity index is 0.00000132. The molecular weight excluding hydrogens is 431 g/mol. The van der Waals surface area contributed by atoms with E-state index in [1.807, 2.05) is 0 Å². The van der Waals surface area contributed by atoms with Crippen LogP contribution in [0.5, 0.6) is 0 Å². The van der Waals surface area contributed by atoms with E-state index >= 15 is 0 Å². The predicted molar refractivity (Wildman–Crippen MR) is 118 cm³/mol. The molecule has 0 saturated heterocycles. The summed E-state index contributed by atoms with van der Waals surface area (Å²) >= 11 is 0. The van der Waals surface area contributed by atoms with Gasteiger partial charge in [-0.2, -0.15) is 0 Å². The van der Waals surface area contributed by atoms with Crippen LogP contribution in [0.25, 0.3) is 0 Å². The molecule has 0 unspecified atom stereocenters. The standard InChI is InChI=1S/C20H21P.2BrH/c1-2-21(18-12-6-3-7-13-18,19-14-8-4-9-15-19)20-16-10-5-11-17-20;;/h3-17,21H,2H2,1H3;2*1H. The molecule has 0 N–H and O–H groups in total. The van der Waals surface area contributed by atoms with Crippen LogP contribution in [0.3, 0.4) is 0 Å². The third-order valence-electron chi connectivity index (χ3n) is 4.33. The quantitative estimate of drug-likeness (QED) is 0.493. The van der Waals surface area contributed by atoms with Gasteiger partial charge in [0.25, 0.3) is 0 Å². The number of halogens is 2. The molecule has 3 aromatic carbocycles. The normalized spacial score (nSPS) is 11.0. The Morgan fingerprint density at radius 1 is 0.522 bits per heavy atom. The van der Waals surface area contributed by atoms with Crippen molar-refractivity contribution < 1.29 is 0 Å². The van der Waals surface area contributed by atoms with E-state index in [0.29, 0.717) is 0 Å². The fraction of sp³-hybridized carbons (Fsp3) is 0.100. The molecule has 23 heavy (non-hydrogen) atoms. The van der Waals surface area contributed by atoms with Crippen molar-refractivity contribution in [3.05, 3.63) is 91.0 Å². The van der Waals surface area contributed by atoms with Crippen molar-refractivity contribution >= 4 is 57.1 Å². The van der Waals surface area contributed by atoms with Gasteiger partial charge in [-0.3, -0.25) is 0 Å². The zero-order valence-electron chi connectivity index (χ0n) is 13.2. The Hall–Kier alpha value is -0.950. The number of rotatable bonds is 4. The van der Waals surface area contributed by atoms with Crippen LogP contribution >= 0.6 is 41.2 Å². The molecule has 0 heterocycles. The summed E-state index contributed by atoms with van der Waals surface area (Å²) in [6.45, 7) is 2.33. The molecule has 0 spiro atoms. The second-order valence-electron chi connectivity index (χ2n) is 5.36. The van der Waals surface area contributed by atoms with Crippen LogP contribution in [0.2, 0.25) is 0 Å². The van der Waals surface area contributed by atoms with Crippen molar-refractivity contribution in [2.24, 2.45) is 0 Å². The molecule has 0 nitrogen and oxygen atoms in total. The number of hydrogen-bond acceptors (Lipinski definition) is 0. The minimum atomic E-state index is -1.90. The zero-order chi connectivity index (χ0) is 14.5. The Bertz CT molecular complexity index is 588. The molecule has 0 bridgehead atoms. The number of hydrogen-bond donors (Lipinski definition) is 0. The Morgan fingerprint density at radius 2 is 0.783 bits per heavy atom. The molecule has 0 fully saturated rings. The third kappa shape index (κ3) is 3.94. The van der Waals surface area contributed by atoms with Crippen LogP contribution in [0.4, 0.5) is 0 Å². The Labute approximate surface area is 160 Å². The van der Waals surface area contributed by atoms with Crippen LogP contribution in [-0.4, -0.2) is 6.16 Å². The molecule has 0 amide bonds. The molecular formula is C20H23Br2P. The third-order valence-corrected chi connectivity index (χ3v) is 9.35. The van der Waals surface area contributed by atoms with Crippen LogP contribution in [0, 0.1) is 0 Å². The summed E-state index contributed by atoms with van der Waals surface area (Å²) in [6.07, 6.45) is 1.17. The van der Waals surface area contributed by atoms with Crippen molar-refractivity contribution in [1.29, 1.82) is 0 Å². The van der Waals surface area contributed by atoms with Crippen molar-refractivity contribution in [2.75, 3.05) is 6.16 Å². The van der Waals surface area contributed by atoms with Gasteiger partial charge < -0.3 is 0 Å². The van der Waals surface area contributed by atoms with Gasteiger partial charge in [0.15, 0.2) is 0 Å². The van der Waals surface area contributed by atoms with E-state index < -0.39 is 7.26 Å². The van der Waals surface area contributed by atoms with E-state index in [-0.39, 0.29) is 34.0 Å². The molecule has 3 rings (SSSR count). The van der Waals surface area contributed by atoms with Gasteiger partial charge in [-0.1, -0.05) is 0 Å². The topological polar surface area (TPSA) is 0 Å². The van der Waals surface area contributed by atoms with Gasteiger partial charge in [-0.05, 0) is 0 Å². The summed E-state index contributed by atoms with van der Waals surface area (Å²) in [5.41, 5.74) is 0. The molecule has 0 aliphatic rings. The molecule has 3 aromatic rings. The van der Waals surface area contributed by atoms with Gasteiger partial charge in [0.1, 0.15) is 0 Å². The average Bonchev–Trinajstić information content (AvgIpc) is 2.59. The maximum atomic E-state index is 2.33. The molecule has 0 saturated carbocycles. The fourth-order valence-corrected chi connectivity index (χ4v) is 7.79. The van der Waals surface area contributed by atoms with Gasteiger partial charge in [-0.15, -0.1) is 34.0 Å². The molecule has 0 radical (unpaired) electrons. The first kappa shape index (κ1) is 20.1. The summed E-state index contributed by atoms with van der Waals surface area (Å²) < 4.78 is 0. The van der Waals surface area contributed by atoms with Gasteiger partial charge in [0, 0.05) is 0 Å². The fourth-order valence-electron chi connectivity index (χ4n) is 3.28. The summed E-state index contributed by atoms with van der Waals surface area (Å²) in [5.74, 6) is 0. The van der Waals surface area contributed by atoms with Gasteiger partial charge in [-0.25, -0.2) is 0 Å². The van der Waals surface area contributed by atoms with Crippen LogP contribution in [-0.2, 0) is 0 Å². The van der Waals surface area contributed by atoms with Crippen molar-refractivity contribution in [2.45, 2.75) is 6.92 Å². The molecule has 0 aliphatic heterocycles. The van der Waals surface area contributed by atoms with Crippen LogP contribution < -0.4 is 15.9 Å². The number of benzene rings is 3. The van der Waals surface area contributed by atoms with E-state index in [4.69, 9.17) is 0 Å². The van der Waals surface area contributed by atoms with E-state index in [1.54, 1.807) is 0 Å². The summed E-state index contributed by atoms with van der Waals surface area (Å²) in [7, 11) is -1.90. The van der Waals surface area contributed by atoms with E-state index in [1.165, 1.54) is 22.1 Å².